The van der Waals surface area contributed by atoms with Crippen molar-refractivity contribution in [1.29, 1.82) is 0 Å². The quantitative estimate of drug-likeness (QED) is 0.878. The van der Waals surface area contributed by atoms with Crippen LogP contribution >= 0.6 is 0 Å². The second kappa shape index (κ2) is 6.19. The van der Waals surface area contributed by atoms with Crippen molar-refractivity contribution in [3.63, 3.8) is 0 Å². The van der Waals surface area contributed by atoms with Gasteiger partial charge >= 0.3 is 0 Å². The number of pyridine rings is 1. The van der Waals surface area contributed by atoms with Gasteiger partial charge in [0.2, 0.25) is 0 Å². The van der Waals surface area contributed by atoms with Gasteiger partial charge in [0, 0.05) is 30.2 Å². The SMILES string of the molecule is C=C[C@@H]1CN2CC[C@@H]1C[C@H]2[C@@H](N)c1ccnc2ccc(OC)cc12. The number of hydrogen-bond acceptors (Lipinski definition) is 4. The van der Waals surface area contributed by atoms with Gasteiger partial charge in [0.15, 0.2) is 0 Å². The molecule has 5 rings (SSSR count). The fraction of sp³-hybridized carbons (Fsp3) is 0.450. The average molecular weight is 323 g/mol. The molecule has 0 spiro atoms. The molecule has 0 radical (unpaired) electrons. The topological polar surface area (TPSA) is 51.4 Å². The molecule has 4 nitrogen and oxygen atoms in total. The van der Waals surface area contributed by atoms with Crippen molar-refractivity contribution < 1.29 is 4.74 Å². The molecular formula is C20H25N3O. The third-order valence-corrected chi connectivity index (χ3v) is 5.91. The lowest BCUT2D eigenvalue weighted by atomic mass is 9.73. The maximum Gasteiger partial charge on any atom is 0.119 e. The third-order valence-electron chi connectivity index (χ3n) is 5.91. The molecule has 1 unspecified atom stereocenters. The van der Waals surface area contributed by atoms with Crippen molar-refractivity contribution in [1.82, 2.24) is 9.88 Å². The van der Waals surface area contributed by atoms with Crippen molar-refractivity contribution in [3.8, 4) is 5.75 Å². The van der Waals surface area contributed by atoms with Crippen LogP contribution in [0.1, 0.15) is 24.4 Å². The minimum atomic E-state index is -0.00354. The molecule has 2 bridgehead atoms. The number of aromatic nitrogens is 1. The van der Waals surface area contributed by atoms with E-state index in [1.807, 2.05) is 18.3 Å². The summed E-state index contributed by atoms with van der Waals surface area (Å²) in [7, 11) is 1.69. The van der Waals surface area contributed by atoms with Crippen LogP contribution in [0, 0.1) is 11.8 Å². The largest absolute Gasteiger partial charge is 0.497 e. The highest BCUT2D eigenvalue weighted by molar-refractivity contribution is 5.84. The smallest absolute Gasteiger partial charge is 0.119 e. The molecule has 2 aromatic rings. The maximum absolute atomic E-state index is 6.76. The molecule has 3 saturated heterocycles. The van der Waals surface area contributed by atoms with Crippen molar-refractivity contribution in [3.05, 3.63) is 48.7 Å². The highest BCUT2D eigenvalue weighted by atomic mass is 16.5. The first kappa shape index (κ1) is 15.6. The molecule has 4 heteroatoms. The minimum absolute atomic E-state index is 0.00354. The van der Waals surface area contributed by atoms with Gasteiger partial charge in [0.25, 0.3) is 0 Å². The van der Waals surface area contributed by atoms with E-state index >= 15 is 0 Å². The number of hydrogen-bond donors (Lipinski definition) is 1. The zero-order valence-corrected chi connectivity index (χ0v) is 14.2. The van der Waals surface area contributed by atoms with Gasteiger partial charge in [-0.1, -0.05) is 6.08 Å². The summed E-state index contributed by atoms with van der Waals surface area (Å²) >= 11 is 0. The molecule has 0 aliphatic carbocycles. The van der Waals surface area contributed by atoms with Crippen LogP contribution in [0.3, 0.4) is 0 Å². The van der Waals surface area contributed by atoms with Gasteiger partial charge in [0.05, 0.1) is 12.6 Å². The Kier molecular flexibility index (Phi) is 4.02. The number of nitrogens with two attached hydrogens (primary N) is 1. The summed E-state index contributed by atoms with van der Waals surface area (Å²) in [5.74, 6) is 2.20. The molecule has 0 amide bonds. The molecule has 1 aromatic carbocycles. The fourth-order valence-electron chi connectivity index (χ4n) is 4.52. The second-order valence-electron chi connectivity index (χ2n) is 7.06. The Morgan fingerprint density at radius 2 is 2.29 bits per heavy atom. The minimum Gasteiger partial charge on any atom is -0.497 e. The second-order valence-corrected chi connectivity index (χ2v) is 7.06. The van der Waals surface area contributed by atoms with Gasteiger partial charge in [-0.2, -0.15) is 0 Å². The Balaban J connectivity index is 1.69. The van der Waals surface area contributed by atoms with E-state index in [-0.39, 0.29) is 6.04 Å². The third kappa shape index (κ3) is 2.50. The van der Waals surface area contributed by atoms with Gasteiger partial charge in [0.1, 0.15) is 5.75 Å². The Labute approximate surface area is 143 Å². The van der Waals surface area contributed by atoms with Crippen molar-refractivity contribution >= 4 is 10.9 Å². The van der Waals surface area contributed by atoms with E-state index in [2.05, 4.69) is 34.7 Å². The summed E-state index contributed by atoms with van der Waals surface area (Å²) in [4.78, 5) is 7.04. The molecule has 3 aliphatic rings. The molecular weight excluding hydrogens is 298 g/mol. The number of nitrogens with zero attached hydrogens (tertiary/aromatic N) is 2. The van der Waals surface area contributed by atoms with Crippen LogP contribution in [-0.2, 0) is 0 Å². The highest BCUT2D eigenvalue weighted by Crippen LogP contribution is 2.41. The fourth-order valence-corrected chi connectivity index (χ4v) is 4.52. The predicted molar refractivity (Wildman–Crippen MR) is 97.0 cm³/mol. The highest BCUT2D eigenvalue weighted by Gasteiger charge is 2.41. The number of benzene rings is 1. The van der Waals surface area contributed by atoms with Gasteiger partial charge < -0.3 is 10.5 Å². The molecule has 3 aliphatic heterocycles. The summed E-state index contributed by atoms with van der Waals surface area (Å²) in [5.41, 5.74) is 8.91. The first-order valence-corrected chi connectivity index (χ1v) is 8.76. The Morgan fingerprint density at radius 1 is 1.42 bits per heavy atom. The summed E-state index contributed by atoms with van der Waals surface area (Å²) < 4.78 is 5.39. The maximum atomic E-state index is 6.76. The van der Waals surface area contributed by atoms with E-state index in [4.69, 9.17) is 10.5 Å². The van der Waals surface area contributed by atoms with E-state index in [9.17, 15) is 0 Å². The number of piperidine rings is 3. The van der Waals surface area contributed by atoms with E-state index in [0.29, 0.717) is 12.0 Å². The van der Waals surface area contributed by atoms with E-state index in [1.165, 1.54) is 12.0 Å². The van der Waals surface area contributed by atoms with Crippen LogP contribution in [0.15, 0.2) is 43.1 Å². The molecule has 5 atom stereocenters. The van der Waals surface area contributed by atoms with Crippen LogP contribution in [0.4, 0.5) is 0 Å². The molecule has 126 valence electrons. The predicted octanol–water partition coefficient (Wildman–Crippen LogP) is 3.14. The van der Waals surface area contributed by atoms with Crippen LogP contribution in [-0.4, -0.2) is 36.1 Å². The van der Waals surface area contributed by atoms with Crippen LogP contribution < -0.4 is 10.5 Å². The zero-order chi connectivity index (χ0) is 16.7. The lowest BCUT2D eigenvalue weighted by Crippen LogP contribution is -2.56. The van der Waals surface area contributed by atoms with Crippen LogP contribution in [0.25, 0.3) is 10.9 Å². The molecule has 3 fully saturated rings. The summed E-state index contributed by atoms with van der Waals surface area (Å²) in [6.45, 7) is 6.26. The standard InChI is InChI=1S/C20H25N3O/c1-3-13-12-23-9-7-14(13)10-19(23)20(21)16-6-8-22-18-5-4-15(24-2)11-17(16)18/h3-6,8,11,13-14,19-20H,1,7,9-10,12,21H2,2H3/t13-,14-,19+,20+/m1/s1. The average Bonchev–Trinajstić information content (AvgIpc) is 2.66. The van der Waals surface area contributed by atoms with Crippen LogP contribution in [0.5, 0.6) is 5.75 Å². The van der Waals surface area contributed by atoms with E-state index < -0.39 is 0 Å². The van der Waals surface area contributed by atoms with E-state index in [1.54, 1.807) is 7.11 Å². The van der Waals surface area contributed by atoms with Gasteiger partial charge in [-0.25, -0.2) is 0 Å². The summed E-state index contributed by atoms with van der Waals surface area (Å²) in [6.07, 6.45) is 6.43. The summed E-state index contributed by atoms with van der Waals surface area (Å²) in [5, 5.41) is 1.10. The van der Waals surface area contributed by atoms with Crippen molar-refractivity contribution in [2.75, 3.05) is 20.2 Å². The van der Waals surface area contributed by atoms with Crippen molar-refractivity contribution in [2.45, 2.75) is 24.9 Å². The first-order chi connectivity index (χ1) is 11.7. The monoisotopic (exact) mass is 323 g/mol. The molecule has 24 heavy (non-hydrogen) atoms. The lowest BCUT2D eigenvalue weighted by Gasteiger charge is -2.51. The first-order valence-electron chi connectivity index (χ1n) is 8.76. The molecule has 2 N–H and O–H groups in total. The Hall–Kier alpha value is -1.91. The summed E-state index contributed by atoms with van der Waals surface area (Å²) in [6, 6.07) is 8.48. The van der Waals surface area contributed by atoms with Crippen molar-refractivity contribution in [2.24, 2.45) is 17.6 Å². The zero-order valence-electron chi connectivity index (χ0n) is 14.2. The van der Waals surface area contributed by atoms with Gasteiger partial charge in [-0.15, -0.1) is 6.58 Å². The van der Waals surface area contributed by atoms with Crippen LogP contribution in [0.2, 0.25) is 0 Å². The number of methoxy groups -OCH3 is 1. The van der Waals surface area contributed by atoms with Gasteiger partial charge in [-0.3, -0.25) is 9.88 Å². The number of ether oxygens (including phenoxy) is 1. The van der Waals surface area contributed by atoms with Gasteiger partial charge in [-0.05, 0) is 61.1 Å². The molecule has 4 heterocycles. The molecule has 1 aromatic heterocycles. The molecule has 0 saturated carbocycles. The number of fused-ring (bicyclic) bond motifs is 4. The normalized spacial score (nSPS) is 30.2. The number of rotatable bonds is 4. The Morgan fingerprint density at radius 3 is 3.00 bits per heavy atom. The Bertz CT molecular complexity index is 760. The van der Waals surface area contributed by atoms with E-state index in [0.717, 1.165) is 42.1 Å². The lowest BCUT2D eigenvalue weighted by molar-refractivity contribution is 0.00749.